The number of rotatable bonds is 4. The Kier molecular flexibility index (Phi) is 5.31. The van der Waals surface area contributed by atoms with Gasteiger partial charge in [-0.15, -0.1) is 0 Å². The van der Waals surface area contributed by atoms with Crippen LogP contribution in [0.5, 0.6) is 0 Å². The van der Waals surface area contributed by atoms with E-state index in [1.807, 2.05) is 0 Å². The molecule has 0 radical (unpaired) electrons. The molecule has 5 atom stereocenters. The number of hydrogen-bond acceptors (Lipinski definition) is 4. The Labute approximate surface area is 158 Å². The summed E-state index contributed by atoms with van der Waals surface area (Å²) < 4.78 is 11.8. The minimum absolute atomic E-state index is 0.0508. The van der Waals surface area contributed by atoms with Gasteiger partial charge in [-0.1, -0.05) is 33.3 Å². The average Bonchev–Trinajstić information content (AvgIpc) is 2.89. The summed E-state index contributed by atoms with van der Waals surface area (Å²) >= 11 is 0. The first-order valence-corrected chi connectivity index (χ1v) is 10.2. The number of carbonyl (C=O) groups excluding carboxylic acids is 1. The molecule has 1 heterocycles. The number of aliphatic hydroxyl groups is 1. The minimum Gasteiger partial charge on any atom is -0.461 e. The van der Waals surface area contributed by atoms with Gasteiger partial charge in [-0.2, -0.15) is 0 Å². The van der Waals surface area contributed by atoms with Gasteiger partial charge in [-0.05, 0) is 67.3 Å². The van der Waals surface area contributed by atoms with Gasteiger partial charge in [0.1, 0.15) is 6.61 Å². The molecule has 2 aliphatic carbocycles. The summed E-state index contributed by atoms with van der Waals surface area (Å²) in [5.41, 5.74) is 1.49. The molecule has 0 unspecified atom stereocenters. The molecule has 2 saturated carbocycles. The predicted octanol–water partition coefficient (Wildman–Crippen LogP) is 4.26. The molecule has 4 nitrogen and oxygen atoms in total. The molecule has 3 rings (SSSR count). The molecule has 148 valence electrons. The second-order valence-electron chi connectivity index (χ2n) is 9.89. The van der Waals surface area contributed by atoms with Crippen LogP contribution in [0.1, 0.15) is 73.1 Å². The zero-order valence-corrected chi connectivity index (χ0v) is 17.1. The van der Waals surface area contributed by atoms with Crippen molar-refractivity contribution in [3.8, 4) is 0 Å². The Bertz CT molecular complexity index is 581. The first-order chi connectivity index (χ1) is 12.1. The summed E-state index contributed by atoms with van der Waals surface area (Å²) in [6, 6.07) is 0. The Balaban J connectivity index is 1.85. The lowest BCUT2D eigenvalue weighted by Gasteiger charge is -2.60. The number of ether oxygens (including phenoxy) is 2. The highest BCUT2D eigenvalue weighted by Crippen LogP contribution is 2.65. The molecular weight excluding hydrogens is 328 g/mol. The van der Waals surface area contributed by atoms with Crippen molar-refractivity contribution in [2.75, 3.05) is 13.2 Å². The number of carbonyl (C=O) groups is 1. The zero-order chi connectivity index (χ0) is 19.2. The Morgan fingerprint density at radius 3 is 2.58 bits per heavy atom. The average molecular weight is 365 g/mol. The molecule has 0 aromatic rings. The van der Waals surface area contributed by atoms with Crippen molar-refractivity contribution in [2.24, 2.45) is 22.7 Å². The maximum absolute atomic E-state index is 11.2. The first-order valence-electron chi connectivity index (χ1n) is 10.2. The molecule has 0 bridgehead atoms. The van der Waals surface area contributed by atoms with E-state index < -0.39 is 0 Å². The molecule has 1 saturated heterocycles. The summed E-state index contributed by atoms with van der Waals surface area (Å²) in [6.45, 7) is 11.3. The summed E-state index contributed by atoms with van der Waals surface area (Å²) in [7, 11) is 0. The van der Waals surface area contributed by atoms with E-state index in [1.165, 1.54) is 32.6 Å². The highest BCUT2D eigenvalue weighted by atomic mass is 16.5. The summed E-state index contributed by atoms with van der Waals surface area (Å²) in [4.78, 5) is 11.2. The van der Waals surface area contributed by atoms with Crippen molar-refractivity contribution < 1.29 is 19.4 Å². The second kappa shape index (κ2) is 6.94. The van der Waals surface area contributed by atoms with Crippen LogP contribution < -0.4 is 0 Å². The molecule has 0 amide bonds. The van der Waals surface area contributed by atoms with Crippen LogP contribution in [0, 0.1) is 22.7 Å². The molecule has 3 aliphatic rings. The quantitative estimate of drug-likeness (QED) is 0.598. The van der Waals surface area contributed by atoms with E-state index in [4.69, 9.17) is 9.47 Å². The number of esters is 1. The molecule has 1 N–H and O–H groups in total. The van der Waals surface area contributed by atoms with E-state index in [9.17, 15) is 9.90 Å². The third-order valence-electron chi connectivity index (χ3n) is 7.81. The van der Waals surface area contributed by atoms with Gasteiger partial charge >= 0.3 is 5.97 Å². The monoisotopic (exact) mass is 364 g/mol. The number of aliphatic hydroxyl groups excluding tert-OH is 1. The maximum atomic E-state index is 11.2. The Hall–Kier alpha value is -0.870. The molecule has 0 aromatic carbocycles. The van der Waals surface area contributed by atoms with Crippen molar-refractivity contribution in [2.45, 2.75) is 84.8 Å². The van der Waals surface area contributed by atoms with E-state index in [1.54, 1.807) is 6.08 Å². The largest absolute Gasteiger partial charge is 0.461 e. The third-order valence-corrected chi connectivity index (χ3v) is 7.81. The van der Waals surface area contributed by atoms with E-state index in [0.717, 1.165) is 24.3 Å². The van der Waals surface area contributed by atoms with Gasteiger partial charge in [-0.3, -0.25) is 4.79 Å². The highest BCUT2D eigenvalue weighted by molar-refractivity contribution is 5.66. The normalized spacial score (nSPS) is 42.1. The molecule has 0 spiro atoms. The Morgan fingerprint density at radius 1 is 1.19 bits per heavy atom. The lowest BCUT2D eigenvalue weighted by atomic mass is 9.45. The maximum Gasteiger partial charge on any atom is 0.302 e. The van der Waals surface area contributed by atoms with E-state index in [0.29, 0.717) is 16.7 Å². The highest BCUT2D eigenvalue weighted by Gasteiger charge is 2.62. The lowest BCUT2D eigenvalue weighted by molar-refractivity contribution is -0.153. The van der Waals surface area contributed by atoms with Gasteiger partial charge in [0, 0.05) is 6.92 Å². The van der Waals surface area contributed by atoms with Crippen LogP contribution in [0.3, 0.4) is 0 Å². The van der Waals surface area contributed by atoms with Crippen molar-refractivity contribution >= 4 is 5.97 Å². The van der Waals surface area contributed by atoms with Gasteiger partial charge < -0.3 is 14.6 Å². The van der Waals surface area contributed by atoms with Gasteiger partial charge in [0.25, 0.3) is 0 Å². The first kappa shape index (κ1) is 19.9. The van der Waals surface area contributed by atoms with Gasteiger partial charge in [0.05, 0.1) is 18.3 Å². The van der Waals surface area contributed by atoms with Crippen LogP contribution >= 0.6 is 0 Å². The van der Waals surface area contributed by atoms with Crippen molar-refractivity contribution in [3.63, 3.8) is 0 Å². The lowest BCUT2D eigenvalue weighted by Crippen LogP contribution is -2.55. The van der Waals surface area contributed by atoms with E-state index in [-0.39, 0.29) is 30.9 Å². The molecule has 1 aliphatic heterocycles. The SMILES string of the molecule is CC(=O)OC/C(=C/CO)[C@H]1C[C@H]2[C@]3(C)CCCC(C)(C)[C@H]3CC[C@]2(C)O1. The van der Waals surface area contributed by atoms with Crippen LogP contribution in [0.15, 0.2) is 11.6 Å². The summed E-state index contributed by atoms with van der Waals surface area (Å²) in [5.74, 6) is 0.956. The van der Waals surface area contributed by atoms with Crippen molar-refractivity contribution in [1.29, 1.82) is 0 Å². The fourth-order valence-electron chi connectivity index (χ4n) is 6.67. The number of hydrogen-bond donors (Lipinski definition) is 1. The third kappa shape index (κ3) is 3.35. The summed E-state index contributed by atoms with van der Waals surface area (Å²) in [6.07, 6.45) is 8.89. The van der Waals surface area contributed by atoms with Gasteiger partial charge in [-0.25, -0.2) is 0 Å². The standard InChI is InChI=1S/C22H36O4/c1-15(24)25-14-16(8-12-23)17-13-19-21(4)10-6-9-20(2,3)18(21)7-11-22(19,5)26-17/h8,17-19,23H,6-7,9-14H2,1-5H3/b16-8-/t17-,18-,19+,21-,22+/m1/s1. The topological polar surface area (TPSA) is 55.8 Å². The Morgan fingerprint density at radius 2 is 1.92 bits per heavy atom. The van der Waals surface area contributed by atoms with E-state index in [2.05, 4.69) is 27.7 Å². The van der Waals surface area contributed by atoms with Crippen molar-refractivity contribution in [1.82, 2.24) is 0 Å². The van der Waals surface area contributed by atoms with Crippen molar-refractivity contribution in [3.05, 3.63) is 11.6 Å². The molecule has 0 aromatic heterocycles. The van der Waals surface area contributed by atoms with E-state index >= 15 is 0 Å². The zero-order valence-electron chi connectivity index (χ0n) is 17.1. The van der Waals surface area contributed by atoms with Crippen LogP contribution in [-0.4, -0.2) is 36.0 Å². The fourth-order valence-corrected chi connectivity index (χ4v) is 6.67. The number of fused-ring (bicyclic) bond motifs is 3. The summed E-state index contributed by atoms with van der Waals surface area (Å²) in [5, 5.41) is 9.42. The fraction of sp³-hybridized carbons (Fsp3) is 0.864. The predicted molar refractivity (Wildman–Crippen MR) is 102 cm³/mol. The second-order valence-corrected chi connectivity index (χ2v) is 9.89. The van der Waals surface area contributed by atoms with Gasteiger partial charge in [0.15, 0.2) is 0 Å². The van der Waals surface area contributed by atoms with Crippen LogP contribution in [0.25, 0.3) is 0 Å². The van der Waals surface area contributed by atoms with Crippen LogP contribution in [0.4, 0.5) is 0 Å². The smallest absolute Gasteiger partial charge is 0.302 e. The van der Waals surface area contributed by atoms with Crippen LogP contribution in [0.2, 0.25) is 0 Å². The minimum atomic E-state index is -0.295. The molecule has 3 fully saturated rings. The molecule has 26 heavy (non-hydrogen) atoms. The molecular formula is C22H36O4. The molecule has 4 heteroatoms. The van der Waals surface area contributed by atoms with Gasteiger partial charge in [0.2, 0.25) is 0 Å². The van der Waals surface area contributed by atoms with Crippen LogP contribution in [-0.2, 0) is 14.3 Å².